The third-order valence-corrected chi connectivity index (χ3v) is 6.73. The molecular formula is C26H26N6O. The molecule has 0 unspecified atom stereocenters. The zero-order chi connectivity index (χ0) is 22.4. The van der Waals surface area contributed by atoms with E-state index in [1.807, 2.05) is 24.7 Å². The number of fused-ring (bicyclic) bond motifs is 2. The molecule has 6 rings (SSSR count). The first-order valence-electron chi connectivity index (χ1n) is 11.5. The quantitative estimate of drug-likeness (QED) is 0.404. The Bertz CT molecular complexity index is 1430. The van der Waals surface area contributed by atoms with Gasteiger partial charge < -0.3 is 9.30 Å². The first-order chi connectivity index (χ1) is 16.2. The maximum Gasteiger partial charge on any atom is 0.180 e. The highest BCUT2D eigenvalue weighted by atomic mass is 16.5. The summed E-state index contributed by atoms with van der Waals surface area (Å²) in [6.07, 6.45) is 4.08. The molecule has 1 atom stereocenters. The maximum atomic E-state index is 5.67. The molecule has 33 heavy (non-hydrogen) atoms. The summed E-state index contributed by atoms with van der Waals surface area (Å²) < 4.78 is 9.84. The number of ether oxygens (including phenoxy) is 1. The second kappa shape index (κ2) is 8.08. The van der Waals surface area contributed by atoms with Crippen molar-refractivity contribution in [3.63, 3.8) is 0 Å². The Morgan fingerprint density at radius 2 is 1.79 bits per heavy atom. The Morgan fingerprint density at radius 3 is 2.61 bits per heavy atom. The fourth-order valence-corrected chi connectivity index (χ4v) is 5.02. The van der Waals surface area contributed by atoms with Gasteiger partial charge in [0.15, 0.2) is 11.5 Å². The first kappa shape index (κ1) is 20.1. The van der Waals surface area contributed by atoms with Crippen LogP contribution in [-0.4, -0.2) is 42.6 Å². The molecule has 1 aliphatic rings. The molecule has 7 nitrogen and oxygen atoms in total. The van der Waals surface area contributed by atoms with Crippen molar-refractivity contribution in [2.75, 3.05) is 13.2 Å². The van der Waals surface area contributed by atoms with Crippen molar-refractivity contribution in [1.82, 2.24) is 29.4 Å². The van der Waals surface area contributed by atoms with E-state index in [0.717, 1.165) is 65.4 Å². The number of hydrogen-bond acceptors (Lipinski definition) is 5. The highest BCUT2D eigenvalue weighted by molar-refractivity contribution is 5.82. The topological polar surface area (TPSA) is 70.1 Å². The molecule has 7 heteroatoms. The minimum absolute atomic E-state index is 0.215. The van der Waals surface area contributed by atoms with E-state index in [0.29, 0.717) is 5.92 Å². The Hall–Kier alpha value is -3.58. The van der Waals surface area contributed by atoms with Crippen LogP contribution in [-0.2, 0) is 4.74 Å². The van der Waals surface area contributed by atoms with Gasteiger partial charge in [-0.2, -0.15) is 9.61 Å². The van der Waals surface area contributed by atoms with Crippen LogP contribution < -0.4 is 0 Å². The van der Waals surface area contributed by atoms with Gasteiger partial charge in [-0.1, -0.05) is 36.4 Å². The molecule has 1 fully saturated rings. The van der Waals surface area contributed by atoms with Gasteiger partial charge in [-0.25, -0.2) is 4.98 Å². The third kappa shape index (κ3) is 3.49. The van der Waals surface area contributed by atoms with E-state index in [9.17, 15) is 0 Å². The lowest BCUT2D eigenvalue weighted by molar-refractivity contribution is 0.0547. The molecule has 2 aromatic carbocycles. The summed E-state index contributed by atoms with van der Waals surface area (Å²) in [5, 5.41) is 13.2. The van der Waals surface area contributed by atoms with Crippen LogP contribution in [0.15, 0.2) is 60.9 Å². The second-order valence-corrected chi connectivity index (χ2v) is 8.86. The smallest absolute Gasteiger partial charge is 0.180 e. The number of rotatable bonds is 4. The van der Waals surface area contributed by atoms with E-state index >= 15 is 0 Å². The predicted octanol–water partition coefficient (Wildman–Crippen LogP) is 4.77. The highest BCUT2D eigenvalue weighted by Crippen LogP contribution is 2.36. The van der Waals surface area contributed by atoms with Gasteiger partial charge in [0, 0.05) is 18.8 Å². The summed E-state index contributed by atoms with van der Waals surface area (Å²) in [5.41, 5.74) is 7.23. The number of nitrogens with zero attached hydrogens (tertiary/aromatic N) is 6. The van der Waals surface area contributed by atoms with Crippen LogP contribution in [0.3, 0.4) is 0 Å². The standard InChI is InChI=1S/C26H26N6O/c1-17-14-23(30-32-18(2)28-29-26(17)32)21-8-9-22-24(15-21)31(16-27-22)25(19-6-4-3-5-7-19)20-10-12-33-13-11-20/h3-9,14-16,20,25H,10-13H2,1-2H3/t25-/m1/s1. The van der Waals surface area contributed by atoms with Gasteiger partial charge in [-0.3, -0.25) is 0 Å². The van der Waals surface area contributed by atoms with Crippen LogP contribution >= 0.6 is 0 Å². The predicted molar refractivity (Wildman–Crippen MR) is 127 cm³/mol. The lowest BCUT2D eigenvalue weighted by atomic mass is 9.86. The molecule has 0 spiro atoms. The van der Waals surface area contributed by atoms with Crippen LogP contribution in [0, 0.1) is 19.8 Å². The van der Waals surface area contributed by atoms with E-state index in [2.05, 4.69) is 69.4 Å². The molecule has 0 N–H and O–H groups in total. The minimum atomic E-state index is 0.215. The zero-order valence-electron chi connectivity index (χ0n) is 18.8. The van der Waals surface area contributed by atoms with Crippen molar-refractivity contribution in [3.05, 3.63) is 77.9 Å². The van der Waals surface area contributed by atoms with Crippen LogP contribution in [0.25, 0.3) is 27.9 Å². The lowest BCUT2D eigenvalue weighted by Crippen LogP contribution is -2.26. The Kier molecular flexibility index (Phi) is 4.91. The van der Waals surface area contributed by atoms with E-state index in [-0.39, 0.29) is 6.04 Å². The van der Waals surface area contributed by atoms with Gasteiger partial charge in [0.1, 0.15) is 0 Å². The molecule has 1 saturated heterocycles. The number of hydrogen-bond donors (Lipinski definition) is 0. The summed E-state index contributed by atoms with van der Waals surface area (Å²) in [6, 6.07) is 19.5. The van der Waals surface area contributed by atoms with Crippen molar-refractivity contribution in [2.24, 2.45) is 5.92 Å². The van der Waals surface area contributed by atoms with Crippen LogP contribution in [0.5, 0.6) is 0 Å². The average molecular weight is 439 g/mol. The van der Waals surface area contributed by atoms with Crippen molar-refractivity contribution >= 4 is 16.7 Å². The molecule has 3 aromatic heterocycles. The molecule has 0 aliphatic carbocycles. The van der Waals surface area contributed by atoms with Crippen molar-refractivity contribution in [1.29, 1.82) is 0 Å². The number of aromatic nitrogens is 6. The Labute approximate surface area is 192 Å². The molecule has 0 bridgehead atoms. The van der Waals surface area contributed by atoms with E-state index in [4.69, 9.17) is 14.8 Å². The average Bonchev–Trinajstić information content (AvgIpc) is 3.44. The summed E-state index contributed by atoms with van der Waals surface area (Å²) in [7, 11) is 0. The van der Waals surface area contributed by atoms with Gasteiger partial charge in [-0.05, 0) is 61.9 Å². The van der Waals surface area contributed by atoms with Crippen molar-refractivity contribution in [3.8, 4) is 11.3 Å². The van der Waals surface area contributed by atoms with E-state index in [1.165, 1.54) is 5.56 Å². The molecule has 4 heterocycles. The van der Waals surface area contributed by atoms with Crippen molar-refractivity contribution in [2.45, 2.75) is 32.7 Å². The van der Waals surface area contributed by atoms with E-state index < -0.39 is 0 Å². The number of imidazole rings is 1. The summed E-state index contributed by atoms with van der Waals surface area (Å²) in [5.74, 6) is 1.28. The van der Waals surface area contributed by atoms with Gasteiger partial charge in [0.05, 0.1) is 29.1 Å². The molecule has 1 aliphatic heterocycles. The minimum Gasteiger partial charge on any atom is -0.381 e. The Balaban J connectivity index is 1.50. The maximum absolute atomic E-state index is 5.67. The number of benzene rings is 2. The Morgan fingerprint density at radius 1 is 0.970 bits per heavy atom. The summed E-state index contributed by atoms with van der Waals surface area (Å²) in [6.45, 7) is 5.60. The summed E-state index contributed by atoms with van der Waals surface area (Å²) >= 11 is 0. The van der Waals surface area contributed by atoms with Gasteiger partial charge in [-0.15, -0.1) is 10.2 Å². The number of aryl methyl sites for hydroxylation is 2. The van der Waals surface area contributed by atoms with Crippen LogP contribution in [0.1, 0.15) is 35.8 Å². The van der Waals surface area contributed by atoms with Crippen LogP contribution in [0.2, 0.25) is 0 Å². The first-order valence-corrected chi connectivity index (χ1v) is 11.5. The molecule has 5 aromatic rings. The largest absolute Gasteiger partial charge is 0.381 e. The molecule has 0 radical (unpaired) electrons. The van der Waals surface area contributed by atoms with Crippen LogP contribution in [0.4, 0.5) is 0 Å². The second-order valence-electron chi connectivity index (χ2n) is 8.86. The fourth-order valence-electron chi connectivity index (χ4n) is 5.02. The third-order valence-electron chi connectivity index (χ3n) is 6.73. The lowest BCUT2D eigenvalue weighted by Gasteiger charge is -2.32. The molecule has 0 amide bonds. The SMILES string of the molecule is Cc1cc(-c2ccc3ncn([C@H](c4ccccc4)C4CCOCC4)c3c2)nn2c(C)nnc12. The summed E-state index contributed by atoms with van der Waals surface area (Å²) in [4.78, 5) is 4.75. The molecule has 166 valence electrons. The molecule has 0 saturated carbocycles. The highest BCUT2D eigenvalue weighted by Gasteiger charge is 2.28. The fraction of sp³-hybridized carbons (Fsp3) is 0.308. The van der Waals surface area contributed by atoms with Gasteiger partial charge in [0.25, 0.3) is 0 Å². The zero-order valence-corrected chi connectivity index (χ0v) is 18.8. The van der Waals surface area contributed by atoms with Gasteiger partial charge in [0.2, 0.25) is 0 Å². The van der Waals surface area contributed by atoms with Crippen molar-refractivity contribution < 1.29 is 4.74 Å². The van der Waals surface area contributed by atoms with E-state index in [1.54, 1.807) is 0 Å². The molecular weight excluding hydrogens is 412 g/mol. The van der Waals surface area contributed by atoms with Gasteiger partial charge >= 0.3 is 0 Å². The normalized spacial score (nSPS) is 15.9. The monoisotopic (exact) mass is 438 g/mol.